The van der Waals surface area contributed by atoms with Crippen LogP contribution in [0.3, 0.4) is 0 Å². The van der Waals surface area contributed by atoms with Gasteiger partial charge in [0.2, 0.25) is 0 Å². The normalized spacial score (nSPS) is 10.0. The van der Waals surface area contributed by atoms with Gasteiger partial charge >= 0.3 is 0 Å². The number of anilines is 2. The van der Waals surface area contributed by atoms with Gasteiger partial charge in [0.15, 0.2) is 0 Å². The monoisotopic (exact) mass is 452 g/mol. The first-order valence-electron chi connectivity index (χ1n) is 11.7. The molecule has 0 amide bonds. The summed E-state index contributed by atoms with van der Waals surface area (Å²) in [7, 11) is 0. The molecule has 4 nitrogen and oxygen atoms in total. The Balaban J connectivity index is 1.63. The molecule has 0 atom stereocenters. The summed E-state index contributed by atoms with van der Waals surface area (Å²) in [6.07, 6.45) is 0. The third-order valence-electron chi connectivity index (χ3n) is 5.56. The Morgan fingerprint density at radius 2 is 0.765 bits per heavy atom. The molecule has 0 unspecified atom stereocenters. The van der Waals surface area contributed by atoms with Crippen molar-refractivity contribution in [2.45, 2.75) is 13.8 Å². The van der Waals surface area contributed by atoms with E-state index in [1.54, 1.807) is 0 Å². The molecule has 34 heavy (non-hydrogen) atoms. The van der Waals surface area contributed by atoms with E-state index in [1.807, 2.05) is 72.8 Å². The fraction of sp³-hybridized carbons (Fsp3) is 0.267. The lowest BCUT2D eigenvalue weighted by Crippen LogP contribution is -2.25. The van der Waals surface area contributed by atoms with Crippen LogP contribution in [0.25, 0.3) is 0 Å². The Bertz CT molecular complexity index is 1050. The second-order valence-corrected chi connectivity index (χ2v) is 7.78. The van der Waals surface area contributed by atoms with Crippen molar-refractivity contribution in [3.8, 4) is 23.7 Å². The SMILES string of the molecule is CCN(CCO)c1ccc(C#Cc2ccc(C#Cc3ccc(N(CC)CCO)cc3)cc2)cc1. The summed E-state index contributed by atoms with van der Waals surface area (Å²) >= 11 is 0. The first-order chi connectivity index (χ1) is 16.7. The number of benzene rings is 3. The molecule has 174 valence electrons. The molecule has 2 N–H and O–H groups in total. The highest BCUT2D eigenvalue weighted by atomic mass is 16.3. The van der Waals surface area contributed by atoms with E-state index < -0.39 is 0 Å². The average Bonchev–Trinajstić information content (AvgIpc) is 2.89. The maximum absolute atomic E-state index is 9.18. The molecule has 0 spiro atoms. The summed E-state index contributed by atoms with van der Waals surface area (Å²) in [6.45, 7) is 7.41. The van der Waals surface area contributed by atoms with E-state index >= 15 is 0 Å². The highest BCUT2D eigenvalue weighted by Gasteiger charge is 2.03. The second kappa shape index (κ2) is 13.1. The van der Waals surface area contributed by atoms with Crippen molar-refractivity contribution in [1.82, 2.24) is 0 Å². The van der Waals surface area contributed by atoms with Gasteiger partial charge in [0.05, 0.1) is 13.2 Å². The summed E-state index contributed by atoms with van der Waals surface area (Å²) in [6, 6.07) is 24.2. The fourth-order valence-electron chi connectivity index (χ4n) is 3.62. The van der Waals surface area contributed by atoms with E-state index in [9.17, 15) is 10.2 Å². The van der Waals surface area contributed by atoms with Crippen LogP contribution in [-0.2, 0) is 0 Å². The Hall–Kier alpha value is -3.70. The molecular weight excluding hydrogens is 420 g/mol. The maximum atomic E-state index is 9.18. The zero-order valence-electron chi connectivity index (χ0n) is 20.0. The van der Waals surface area contributed by atoms with E-state index in [4.69, 9.17) is 0 Å². The van der Waals surface area contributed by atoms with Crippen LogP contribution >= 0.6 is 0 Å². The van der Waals surface area contributed by atoms with E-state index in [0.717, 1.165) is 46.7 Å². The van der Waals surface area contributed by atoms with Crippen LogP contribution in [0.5, 0.6) is 0 Å². The highest BCUT2D eigenvalue weighted by molar-refractivity contribution is 5.54. The summed E-state index contributed by atoms with van der Waals surface area (Å²) < 4.78 is 0. The lowest BCUT2D eigenvalue weighted by Gasteiger charge is -2.21. The summed E-state index contributed by atoms with van der Waals surface area (Å²) in [5.41, 5.74) is 5.98. The van der Waals surface area contributed by atoms with Crippen molar-refractivity contribution in [2.75, 3.05) is 49.2 Å². The molecule has 0 saturated carbocycles. The van der Waals surface area contributed by atoms with Gasteiger partial charge in [-0.3, -0.25) is 0 Å². The molecule has 0 aromatic heterocycles. The Morgan fingerprint density at radius 3 is 1.00 bits per heavy atom. The van der Waals surface area contributed by atoms with Gasteiger partial charge in [-0.2, -0.15) is 0 Å². The molecule has 0 aliphatic rings. The second-order valence-electron chi connectivity index (χ2n) is 7.78. The zero-order chi connectivity index (χ0) is 24.2. The number of aliphatic hydroxyl groups excluding tert-OH is 2. The lowest BCUT2D eigenvalue weighted by molar-refractivity contribution is 0.302. The zero-order valence-corrected chi connectivity index (χ0v) is 20.0. The van der Waals surface area contributed by atoms with Crippen LogP contribution in [-0.4, -0.2) is 49.6 Å². The van der Waals surface area contributed by atoms with Crippen LogP contribution in [0, 0.1) is 23.7 Å². The first kappa shape index (κ1) is 24.9. The first-order valence-corrected chi connectivity index (χ1v) is 11.7. The third-order valence-corrected chi connectivity index (χ3v) is 5.56. The van der Waals surface area contributed by atoms with Gasteiger partial charge in [-0.25, -0.2) is 0 Å². The van der Waals surface area contributed by atoms with Gasteiger partial charge in [0.25, 0.3) is 0 Å². The number of nitrogens with zero attached hydrogens (tertiary/aromatic N) is 2. The number of hydrogen-bond acceptors (Lipinski definition) is 4. The largest absolute Gasteiger partial charge is 0.395 e. The topological polar surface area (TPSA) is 46.9 Å². The molecule has 0 heterocycles. The molecule has 3 rings (SSSR count). The summed E-state index contributed by atoms with van der Waals surface area (Å²) in [4.78, 5) is 4.25. The van der Waals surface area contributed by atoms with Gasteiger partial charge < -0.3 is 20.0 Å². The van der Waals surface area contributed by atoms with Crippen molar-refractivity contribution >= 4 is 11.4 Å². The van der Waals surface area contributed by atoms with E-state index in [1.165, 1.54) is 0 Å². The summed E-state index contributed by atoms with van der Waals surface area (Å²) in [5.74, 6) is 12.8. The lowest BCUT2D eigenvalue weighted by atomic mass is 10.1. The van der Waals surface area contributed by atoms with E-state index in [-0.39, 0.29) is 13.2 Å². The number of rotatable bonds is 8. The smallest absolute Gasteiger partial charge is 0.0606 e. The van der Waals surface area contributed by atoms with Crippen LogP contribution in [0.1, 0.15) is 36.1 Å². The fourth-order valence-corrected chi connectivity index (χ4v) is 3.62. The molecule has 3 aromatic carbocycles. The molecule has 0 saturated heterocycles. The average molecular weight is 453 g/mol. The van der Waals surface area contributed by atoms with Gasteiger partial charge in [-0.1, -0.05) is 23.7 Å². The Labute approximate surface area is 203 Å². The molecule has 0 radical (unpaired) electrons. The highest BCUT2D eigenvalue weighted by Crippen LogP contribution is 2.16. The van der Waals surface area contributed by atoms with Gasteiger partial charge in [-0.15, -0.1) is 0 Å². The Kier molecular flexibility index (Phi) is 9.62. The maximum Gasteiger partial charge on any atom is 0.0606 e. The molecule has 0 aliphatic carbocycles. The number of aliphatic hydroxyl groups is 2. The predicted molar refractivity (Wildman–Crippen MR) is 141 cm³/mol. The molecule has 0 bridgehead atoms. The minimum absolute atomic E-state index is 0.144. The number of likely N-dealkylation sites (N-methyl/N-ethyl adjacent to an activating group) is 2. The minimum atomic E-state index is 0.144. The van der Waals surface area contributed by atoms with Crippen molar-refractivity contribution in [2.24, 2.45) is 0 Å². The molecule has 3 aromatic rings. The minimum Gasteiger partial charge on any atom is -0.395 e. The van der Waals surface area contributed by atoms with E-state index in [2.05, 4.69) is 47.3 Å². The van der Waals surface area contributed by atoms with Crippen molar-refractivity contribution < 1.29 is 10.2 Å². The summed E-state index contributed by atoms with van der Waals surface area (Å²) in [5, 5.41) is 18.4. The van der Waals surface area contributed by atoms with Crippen molar-refractivity contribution in [1.29, 1.82) is 0 Å². The van der Waals surface area contributed by atoms with Crippen molar-refractivity contribution in [3.05, 3.63) is 95.1 Å². The van der Waals surface area contributed by atoms with Gasteiger partial charge in [0.1, 0.15) is 0 Å². The standard InChI is InChI=1S/C30H32N2O2/c1-3-31(21-23-33)29-17-13-27(14-18-29)11-9-25-5-7-26(8-6-25)10-12-28-15-19-30(20-16-28)32(4-2)22-24-34/h5-8,13-20,33-34H,3-4,21-24H2,1-2H3. The molecule has 0 aliphatic heterocycles. The quantitative estimate of drug-likeness (QED) is 0.505. The number of hydrogen-bond donors (Lipinski definition) is 2. The molecule has 0 fully saturated rings. The van der Waals surface area contributed by atoms with Crippen LogP contribution in [0.15, 0.2) is 72.8 Å². The van der Waals surface area contributed by atoms with Crippen LogP contribution in [0.2, 0.25) is 0 Å². The van der Waals surface area contributed by atoms with Gasteiger partial charge in [0, 0.05) is 59.8 Å². The Morgan fingerprint density at radius 1 is 0.500 bits per heavy atom. The van der Waals surface area contributed by atoms with E-state index in [0.29, 0.717) is 13.1 Å². The van der Waals surface area contributed by atoms with Gasteiger partial charge in [-0.05, 0) is 86.6 Å². The van der Waals surface area contributed by atoms with Crippen LogP contribution < -0.4 is 9.80 Å². The molecular formula is C30H32N2O2. The van der Waals surface area contributed by atoms with Crippen LogP contribution in [0.4, 0.5) is 11.4 Å². The predicted octanol–water partition coefficient (Wildman–Crippen LogP) is 4.12. The third kappa shape index (κ3) is 7.15. The molecule has 4 heteroatoms. The van der Waals surface area contributed by atoms with Crippen molar-refractivity contribution in [3.63, 3.8) is 0 Å².